The summed E-state index contributed by atoms with van der Waals surface area (Å²) in [5.41, 5.74) is 2.11. The van der Waals surface area contributed by atoms with Crippen LogP contribution in [-0.4, -0.2) is 18.4 Å². The first-order valence-electron chi connectivity index (χ1n) is 9.11. The minimum absolute atomic E-state index is 0.173. The molecule has 0 aliphatic rings. The van der Waals surface area contributed by atoms with Crippen LogP contribution < -0.4 is 15.0 Å². The fourth-order valence-corrected chi connectivity index (χ4v) is 2.72. The Labute approximate surface area is 168 Å². The molecule has 0 saturated carbocycles. The molecule has 0 heterocycles. The highest BCUT2D eigenvalue weighted by Crippen LogP contribution is 2.18. The number of rotatable bonds is 7. The van der Waals surface area contributed by atoms with Gasteiger partial charge in [-0.25, -0.2) is 4.39 Å². The SMILES string of the molecule is CC(=O)N(CC(=O)Nc1ccc(OCc2ccccc2)cc1)c1ccc(F)cc1. The lowest BCUT2D eigenvalue weighted by atomic mass is 10.2. The molecule has 5 nitrogen and oxygen atoms in total. The number of hydrogen-bond donors (Lipinski definition) is 1. The van der Waals surface area contributed by atoms with Gasteiger partial charge < -0.3 is 15.0 Å². The van der Waals surface area contributed by atoms with E-state index in [2.05, 4.69) is 5.32 Å². The number of nitrogens with one attached hydrogen (secondary N) is 1. The molecule has 6 heteroatoms. The largest absolute Gasteiger partial charge is 0.489 e. The molecule has 0 aliphatic heterocycles. The minimum Gasteiger partial charge on any atom is -0.489 e. The Bertz CT molecular complexity index is 958. The van der Waals surface area contributed by atoms with Gasteiger partial charge >= 0.3 is 0 Å². The second-order valence-corrected chi connectivity index (χ2v) is 6.43. The van der Waals surface area contributed by atoms with Gasteiger partial charge in [-0.1, -0.05) is 30.3 Å². The Hall–Kier alpha value is -3.67. The monoisotopic (exact) mass is 392 g/mol. The number of halogens is 1. The molecule has 0 saturated heterocycles. The first-order valence-corrected chi connectivity index (χ1v) is 9.11. The second kappa shape index (κ2) is 9.50. The standard InChI is InChI=1S/C23H21FN2O3/c1-17(27)26(21-11-7-19(24)8-12-21)15-23(28)25-20-9-13-22(14-10-20)29-16-18-5-3-2-4-6-18/h2-14H,15-16H2,1H3,(H,25,28). The van der Waals surface area contributed by atoms with Crippen LogP contribution in [0.25, 0.3) is 0 Å². The van der Waals surface area contributed by atoms with Gasteiger partial charge in [-0.15, -0.1) is 0 Å². The minimum atomic E-state index is -0.406. The van der Waals surface area contributed by atoms with Crippen LogP contribution >= 0.6 is 0 Å². The number of benzene rings is 3. The van der Waals surface area contributed by atoms with Gasteiger partial charge in [-0.05, 0) is 54.1 Å². The summed E-state index contributed by atoms with van der Waals surface area (Å²) in [5.74, 6) is -0.390. The number of amides is 2. The topological polar surface area (TPSA) is 58.6 Å². The molecule has 29 heavy (non-hydrogen) atoms. The average Bonchev–Trinajstić information content (AvgIpc) is 2.73. The zero-order chi connectivity index (χ0) is 20.6. The molecule has 0 atom stereocenters. The predicted octanol–water partition coefficient (Wildman–Crippen LogP) is 4.40. The van der Waals surface area contributed by atoms with Crippen molar-refractivity contribution in [2.75, 3.05) is 16.8 Å². The molecule has 0 radical (unpaired) electrons. The molecule has 0 aromatic heterocycles. The third kappa shape index (κ3) is 5.90. The van der Waals surface area contributed by atoms with Crippen molar-refractivity contribution in [3.8, 4) is 5.75 Å². The van der Waals surface area contributed by atoms with Crippen LogP contribution in [-0.2, 0) is 16.2 Å². The van der Waals surface area contributed by atoms with E-state index in [1.165, 1.54) is 36.1 Å². The number of hydrogen-bond acceptors (Lipinski definition) is 3. The lowest BCUT2D eigenvalue weighted by Crippen LogP contribution is -2.36. The van der Waals surface area contributed by atoms with Gasteiger partial charge in [0.25, 0.3) is 0 Å². The summed E-state index contributed by atoms with van der Waals surface area (Å²) in [4.78, 5) is 25.5. The number of carbonyl (C=O) groups excluding carboxylic acids is 2. The first kappa shape index (κ1) is 20.1. The maximum Gasteiger partial charge on any atom is 0.244 e. The van der Waals surface area contributed by atoms with Crippen LogP contribution in [0.3, 0.4) is 0 Å². The number of ether oxygens (including phenoxy) is 1. The van der Waals surface area contributed by atoms with Gasteiger partial charge in [0.2, 0.25) is 11.8 Å². The van der Waals surface area contributed by atoms with E-state index >= 15 is 0 Å². The van der Waals surface area contributed by atoms with Gasteiger partial charge in [0.15, 0.2) is 0 Å². The van der Waals surface area contributed by atoms with E-state index in [1.807, 2.05) is 30.3 Å². The molecule has 0 aliphatic carbocycles. The Morgan fingerprint density at radius 2 is 1.59 bits per heavy atom. The summed E-state index contributed by atoms with van der Waals surface area (Å²) in [7, 11) is 0. The van der Waals surface area contributed by atoms with Crippen molar-refractivity contribution in [2.45, 2.75) is 13.5 Å². The Morgan fingerprint density at radius 1 is 0.931 bits per heavy atom. The van der Waals surface area contributed by atoms with E-state index in [0.717, 1.165) is 5.56 Å². The van der Waals surface area contributed by atoms with Crippen molar-refractivity contribution in [1.82, 2.24) is 0 Å². The predicted molar refractivity (Wildman–Crippen MR) is 110 cm³/mol. The van der Waals surface area contributed by atoms with Crippen molar-refractivity contribution in [3.63, 3.8) is 0 Å². The quantitative estimate of drug-likeness (QED) is 0.649. The number of carbonyl (C=O) groups is 2. The normalized spacial score (nSPS) is 10.3. The van der Waals surface area contributed by atoms with Gasteiger partial charge in [0.05, 0.1) is 0 Å². The molecule has 0 fully saturated rings. The molecule has 1 N–H and O–H groups in total. The summed E-state index contributed by atoms with van der Waals surface area (Å²) >= 11 is 0. The van der Waals surface area contributed by atoms with Gasteiger partial charge in [-0.3, -0.25) is 9.59 Å². The van der Waals surface area contributed by atoms with Crippen LogP contribution in [0.4, 0.5) is 15.8 Å². The first-order chi connectivity index (χ1) is 14.0. The third-order valence-corrected chi connectivity index (χ3v) is 4.21. The fourth-order valence-electron chi connectivity index (χ4n) is 2.72. The smallest absolute Gasteiger partial charge is 0.244 e. The Morgan fingerprint density at radius 3 is 2.21 bits per heavy atom. The molecule has 2 amide bonds. The Balaban J connectivity index is 1.56. The van der Waals surface area contributed by atoms with Crippen molar-refractivity contribution in [1.29, 1.82) is 0 Å². The van der Waals surface area contributed by atoms with E-state index in [9.17, 15) is 14.0 Å². The molecular weight excluding hydrogens is 371 g/mol. The van der Waals surface area contributed by atoms with Crippen LogP contribution in [0.2, 0.25) is 0 Å². The van der Waals surface area contributed by atoms with E-state index in [1.54, 1.807) is 24.3 Å². The van der Waals surface area contributed by atoms with Crippen LogP contribution in [0.15, 0.2) is 78.9 Å². The zero-order valence-electron chi connectivity index (χ0n) is 16.0. The third-order valence-electron chi connectivity index (χ3n) is 4.21. The van der Waals surface area contributed by atoms with Crippen molar-refractivity contribution in [3.05, 3.63) is 90.2 Å². The zero-order valence-corrected chi connectivity index (χ0v) is 16.0. The van der Waals surface area contributed by atoms with Crippen molar-refractivity contribution < 1.29 is 18.7 Å². The van der Waals surface area contributed by atoms with Gasteiger partial charge in [0.1, 0.15) is 24.7 Å². The highest BCUT2D eigenvalue weighted by atomic mass is 19.1. The maximum absolute atomic E-state index is 13.1. The van der Waals surface area contributed by atoms with Crippen LogP contribution in [0.1, 0.15) is 12.5 Å². The van der Waals surface area contributed by atoms with Crippen LogP contribution in [0, 0.1) is 5.82 Å². The van der Waals surface area contributed by atoms with Crippen LogP contribution in [0.5, 0.6) is 5.75 Å². The van der Waals surface area contributed by atoms with Crippen molar-refractivity contribution in [2.24, 2.45) is 0 Å². The highest BCUT2D eigenvalue weighted by Gasteiger charge is 2.16. The molecule has 0 unspecified atom stereocenters. The molecule has 3 rings (SSSR count). The molecule has 3 aromatic rings. The molecule has 0 spiro atoms. The summed E-state index contributed by atoms with van der Waals surface area (Å²) in [6, 6.07) is 22.2. The number of nitrogens with zero attached hydrogens (tertiary/aromatic N) is 1. The maximum atomic E-state index is 13.1. The van der Waals surface area contributed by atoms with E-state index in [4.69, 9.17) is 4.74 Å². The molecular formula is C23H21FN2O3. The molecule has 3 aromatic carbocycles. The van der Waals surface area contributed by atoms with Gasteiger partial charge in [0, 0.05) is 18.3 Å². The van der Waals surface area contributed by atoms with E-state index in [0.29, 0.717) is 23.7 Å². The lowest BCUT2D eigenvalue weighted by molar-refractivity contribution is -0.120. The average molecular weight is 392 g/mol. The number of anilines is 2. The fraction of sp³-hybridized carbons (Fsp3) is 0.130. The van der Waals surface area contributed by atoms with Gasteiger partial charge in [-0.2, -0.15) is 0 Å². The summed E-state index contributed by atoms with van der Waals surface area (Å²) in [6.07, 6.45) is 0. The van der Waals surface area contributed by atoms with E-state index < -0.39 is 5.82 Å². The summed E-state index contributed by atoms with van der Waals surface area (Å²) in [6.45, 7) is 1.64. The lowest BCUT2D eigenvalue weighted by Gasteiger charge is -2.20. The summed E-state index contributed by atoms with van der Waals surface area (Å²) < 4.78 is 18.8. The van der Waals surface area contributed by atoms with Crippen molar-refractivity contribution >= 4 is 23.2 Å². The molecule has 148 valence electrons. The second-order valence-electron chi connectivity index (χ2n) is 6.43. The molecule has 0 bridgehead atoms. The highest BCUT2D eigenvalue weighted by molar-refractivity contribution is 6.01. The summed E-state index contributed by atoms with van der Waals surface area (Å²) in [5, 5.41) is 2.75. The Kier molecular flexibility index (Phi) is 6.58. The van der Waals surface area contributed by atoms with E-state index in [-0.39, 0.29) is 18.4 Å².